The lowest BCUT2D eigenvalue weighted by molar-refractivity contribution is -0.380. The lowest BCUT2D eigenvalue weighted by atomic mass is 10.6. The largest absolute Gasteiger partial charge is 0.465 e. The topological polar surface area (TPSA) is 85.6 Å². The van der Waals surface area contributed by atoms with Gasteiger partial charge in [0.05, 0.1) is 11.5 Å². The first kappa shape index (κ1) is 12.4. The Morgan fingerprint density at radius 3 is 2.94 bits per heavy atom. The second-order valence-corrected chi connectivity index (χ2v) is 3.89. The summed E-state index contributed by atoms with van der Waals surface area (Å²) in [7, 11) is 1.62. The third kappa shape index (κ3) is 3.16. The van der Waals surface area contributed by atoms with E-state index in [0.717, 1.165) is 11.3 Å². The highest BCUT2D eigenvalue weighted by Gasteiger charge is 2.16. The van der Waals surface area contributed by atoms with Gasteiger partial charge >= 0.3 is 11.0 Å². The van der Waals surface area contributed by atoms with Crippen molar-refractivity contribution < 1.29 is 14.5 Å². The van der Waals surface area contributed by atoms with Gasteiger partial charge in [0, 0.05) is 7.05 Å². The summed E-state index contributed by atoms with van der Waals surface area (Å²) < 4.78 is 4.75. The molecule has 1 heterocycles. The number of ether oxygens (including phenoxy) is 1. The Kier molecular flexibility index (Phi) is 4.18. The Balaban J connectivity index is 2.62. The molecule has 0 bridgehead atoms. The third-order valence-electron chi connectivity index (χ3n) is 1.66. The van der Waals surface area contributed by atoms with E-state index in [-0.39, 0.29) is 17.5 Å². The molecular formula is C8H11N3O4S. The summed E-state index contributed by atoms with van der Waals surface area (Å²) in [5.74, 6) is -0.386. The zero-order valence-electron chi connectivity index (χ0n) is 8.87. The van der Waals surface area contributed by atoms with Gasteiger partial charge in [-0.3, -0.25) is 14.9 Å². The van der Waals surface area contributed by atoms with Crippen LogP contribution in [0.2, 0.25) is 0 Å². The zero-order valence-corrected chi connectivity index (χ0v) is 9.69. The maximum atomic E-state index is 11.1. The zero-order chi connectivity index (χ0) is 12.1. The molecule has 8 heteroatoms. The Morgan fingerprint density at radius 2 is 2.44 bits per heavy atom. The van der Waals surface area contributed by atoms with Crippen LogP contribution in [0.3, 0.4) is 0 Å². The first-order valence-electron chi connectivity index (χ1n) is 4.51. The quantitative estimate of drug-likeness (QED) is 0.438. The molecule has 88 valence electrons. The highest BCUT2D eigenvalue weighted by Crippen LogP contribution is 2.27. The summed E-state index contributed by atoms with van der Waals surface area (Å²) in [6.07, 6.45) is 1.17. The van der Waals surface area contributed by atoms with Crippen molar-refractivity contribution in [2.75, 3.05) is 25.1 Å². The second kappa shape index (κ2) is 5.40. The number of aromatic nitrogens is 1. The van der Waals surface area contributed by atoms with E-state index in [9.17, 15) is 14.9 Å². The molecule has 0 saturated carbocycles. The Morgan fingerprint density at radius 1 is 1.75 bits per heavy atom. The van der Waals surface area contributed by atoms with Crippen LogP contribution < -0.4 is 4.90 Å². The fourth-order valence-electron chi connectivity index (χ4n) is 0.985. The number of hydrogen-bond acceptors (Lipinski definition) is 7. The molecule has 0 unspecified atom stereocenters. The van der Waals surface area contributed by atoms with Crippen molar-refractivity contribution in [1.29, 1.82) is 0 Å². The fraction of sp³-hybridized carbons (Fsp3) is 0.500. The molecule has 0 atom stereocenters. The summed E-state index contributed by atoms with van der Waals surface area (Å²) in [5.41, 5.74) is 0. The number of nitrogens with zero attached hydrogens (tertiary/aromatic N) is 3. The normalized spacial score (nSPS) is 9.88. The van der Waals surface area contributed by atoms with Crippen LogP contribution in [-0.4, -0.2) is 36.1 Å². The van der Waals surface area contributed by atoms with Gasteiger partial charge < -0.3 is 9.64 Å². The number of carbonyl (C=O) groups is 1. The summed E-state index contributed by atoms with van der Waals surface area (Å²) in [6.45, 7) is 2.05. The summed E-state index contributed by atoms with van der Waals surface area (Å²) in [4.78, 5) is 26.4. The minimum Gasteiger partial charge on any atom is -0.465 e. The van der Waals surface area contributed by atoms with Crippen molar-refractivity contribution in [2.24, 2.45) is 0 Å². The molecular weight excluding hydrogens is 234 g/mol. The first-order chi connectivity index (χ1) is 7.54. The predicted molar refractivity (Wildman–Crippen MR) is 58.7 cm³/mol. The van der Waals surface area contributed by atoms with Crippen LogP contribution in [-0.2, 0) is 9.53 Å². The van der Waals surface area contributed by atoms with Crippen LogP contribution in [0.1, 0.15) is 6.92 Å². The number of thiazole rings is 1. The molecule has 0 aliphatic heterocycles. The Bertz CT molecular complexity index is 392. The summed E-state index contributed by atoms with van der Waals surface area (Å²) in [6, 6.07) is 0. The molecule has 0 fully saturated rings. The minimum atomic E-state index is -0.515. The standard InChI is InChI=1S/C8H11N3O4S/c1-3-15-7(12)5-10(2)8-9-4-6(16-8)11(13)14/h4H,3,5H2,1-2H3. The lowest BCUT2D eigenvalue weighted by Gasteiger charge is -2.13. The molecule has 7 nitrogen and oxygen atoms in total. The van der Waals surface area contributed by atoms with Gasteiger partial charge in [-0.2, -0.15) is 0 Å². The van der Waals surface area contributed by atoms with Gasteiger partial charge in [-0.25, -0.2) is 4.98 Å². The molecule has 0 aliphatic rings. The van der Waals surface area contributed by atoms with Crippen LogP contribution >= 0.6 is 11.3 Å². The molecule has 1 aromatic heterocycles. The maximum absolute atomic E-state index is 11.1. The second-order valence-electron chi connectivity index (χ2n) is 2.90. The van der Waals surface area contributed by atoms with E-state index in [1.54, 1.807) is 14.0 Å². The Labute approximate surface area is 95.8 Å². The van der Waals surface area contributed by atoms with Gasteiger partial charge in [0.1, 0.15) is 12.7 Å². The number of nitro groups is 1. The number of rotatable bonds is 5. The van der Waals surface area contributed by atoms with Crippen molar-refractivity contribution in [3.63, 3.8) is 0 Å². The highest BCUT2D eigenvalue weighted by molar-refractivity contribution is 7.18. The minimum absolute atomic E-state index is 0.0263. The molecule has 0 N–H and O–H groups in total. The molecule has 1 rings (SSSR count). The fourth-order valence-corrected chi connectivity index (χ4v) is 1.68. The van der Waals surface area contributed by atoms with Gasteiger partial charge in [-0.1, -0.05) is 0 Å². The van der Waals surface area contributed by atoms with Crippen molar-refractivity contribution in [3.8, 4) is 0 Å². The lowest BCUT2D eigenvalue weighted by Crippen LogP contribution is -2.26. The Hall–Kier alpha value is -1.70. The van der Waals surface area contributed by atoms with Crippen molar-refractivity contribution in [2.45, 2.75) is 6.92 Å². The molecule has 1 aromatic rings. The van der Waals surface area contributed by atoms with E-state index in [2.05, 4.69) is 4.98 Å². The molecule has 0 aromatic carbocycles. The van der Waals surface area contributed by atoms with Gasteiger partial charge in [0.15, 0.2) is 5.13 Å². The average molecular weight is 245 g/mol. The van der Waals surface area contributed by atoms with Gasteiger partial charge in [0.2, 0.25) is 0 Å². The molecule has 0 radical (unpaired) electrons. The molecule has 0 spiro atoms. The van der Waals surface area contributed by atoms with Gasteiger partial charge in [0.25, 0.3) is 0 Å². The monoisotopic (exact) mass is 245 g/mol. The van der Waals surface area contributed by atoms with Crippen LogP contribution in [0.4, 0.5) is 10.1 Å². The van der Waals surface area contributed by atoms with E-state index in [4.69, 9.17) is 4.74 Å². The number of anilines is 1. The van der Waals surface area contributed by atoms with E-state index in [1.807, 2.05) is 0 Å². The van der Waals surface area contributed by atoms with Crippen LogP contribution in [0.25, 0.3) is 0 Å². The average Bonchev–Trinajstić information content (AvgIpc) is 2.66. The van der Waals surface area contributed by atoms with Crippen molar-refractivity contribution in [1.82, 2.24) is 4.98 Å². The maximum Gasteiger partial charge on any atom is 0.345 e. The highest BCUT2D eigenvalue weighted by atomic mass is 32.1. The molecule has 16 heavy (non-hydrogen) atoms. The number of likely N-dealkylation sites (N-methyl/N-ethyl adjacent to an activating group) is 1. The van der Waals surface area contributed by atoms with Crippen LogP contribution in [0.5, 0.6) is 0 Å². The summed E-state index contributed by atoms with van der Waals surface area (Å²) >= 11 is 0.917. The number of hydrogen-bond donors (Lipinski definition) is 0. The van der Waals surface area contributed by atoms with E-state index >= 15 is 0 Å². The molecule has 0 saturated heterocycles. The van der Waals surface area contributed by atoms with Gasteiger partial charge in [-0.15, -0.1) is 0 Å². The van der Waals surface area contributed by atoms with E-state index in [0.29, 0.717) is 11.7 Å². The number of carbonyl (C=O) groups excluding carboxylic acids is 1. The smallest absolute Gasteiger partial charge is 0.345 e. The van der Waals surface area contributed by atoms with Gasteiger partial charge in [-0.05, 0) is 18.3 Å². The summed E-state index contributed by atoms with van der Waals surface area (Å²) in [5, 5.41) is 10.8. The SMILES string of the molecule is CCOC(=O)CN(C)c1ncc([N+](=O)[O-])s1. The first-order valence-corrected chi connectivity index (χ1v) is 5.33. The number of esters is 1. The van der Waals surface area contributed by atoms with Crippen LogP contribution in [0, 0.1) is 10.1 Å². The van der Waals surface area contributed by atoms with Crippen LogP contribution in [0.15, 0.2) is 6.20 Å². The van der Waals surface area contributed by atoms with Crippen molar-refractivity contribution >= 4 is 27.4 Å². The molecule has 0 aliphatic carbocycles. The van der Waals surface area contributed by atoms with E-state index in [1.165, 1.54) is 11.1 Å². The van der Waals surface area contributed by atoms with Crippen molar-refractivity contribution in [3.05, 3.63) is 16.3 Å². The van der Waals surface area contributed by atoms with E-state index < -0.39 is 4.92 Å². The predicted octanol–water partition coefficient (Wildman–Crippen LogP) is 1.05. The molecule has 0 amide bonds. The third-order valence-corrected chi connectivity index (χ3v) is 2.72.